The lowest BCUT2D eigenvalue weighted by molar-refractivity contribution is -0.344. The van der Waals surface area contributed by atoms with Crippen LogP contribution in [0.2, 0.25) is 18.1 Å². The number of hydrogen-bond acceptors (Lipinski definition) is 15. The minimum atomic E-state index is -2.48. The lowest BCUT2D eigenvalue weighted by Crippen LogP contribution is -2.65. The fourth-order valence-corrected chi connectivity index (χ4v) is 16.4. The summed E-state index contributed by atoms with van der Waals surface area (Å²) < 4.78 is 50.4. The molecule has 4 N–H and O–H groups in total. The van der Waals surface area contributed by atoms with Crippen molar-refractivity contribution in [3.8, 4) is 5.75 Å². The normalized spacial score (nSPS) is 39.3. The average Bonchev–Trinajstić information content (AvgIpc) is 3.56. The van der Waals surface area contributed by atoms with Gasteiger partial charge >= 0.3 is 11.9 Å². The first-order chi connectivity index (χ1) is 32.7. The minimum absolute atomic E-state index is 0.0494. The van der Waals surface area contributed by atoms with Gasteiger partial charge in [0, 0.05) is 24.7 Å². The van der Waals surface area contributed by atoms with Crippen LogP contribution >= 0.6 is 0 Å². The van der Waals surface area contributed by atoms with Gasteiger partial charge in [-0.1, -0.05) is 67.0 Å². The van der Waals surface area contributed by atoms with Crippen molar-refractivity contribution < 1.29 is 72.4 Å². The van der Waals surface area contributed by atoms with Gasteiger partial charge in [0.1, 0.15) is 41.5 Å². The van der Waals surface area contributed by atoms with Crippen LogP contribution in [0.3, 0.4) is 0 Å². The summed E-state index contributed by atoms with van der Waals surface area (Å²) in [5.41, 5.74) is -0.966. The smallest absolute Gasteiger partial charge is 0.338 e. The minimum Gasteiger partial charge on any atom is -0.497 e. The van der Waals surface area contributed by atoms with E-state index in [0.717, 1.165) is 43.8 Å². The molecule has 0 spiro atoms. The number of aliphatic hydroxyl groups is 4. The van der Waals surface area contributed by atoms with Gasteiger partial charge in [0.15, 0.2) is 33.1 Å². The number of aliphatic hydroxyl groups excluding tert-OH is 3. The van der Waals surface area contributed by atoms with Crippen LogP contribution in [0.5, 0.6) is 5.75 Å². The van der Waals surface area contributed by atoms with Crippen LogP contribution in [0.25, 0.3) is 0 Å². The summed E-state index contributed by atoms with van der Waals surface area (Å²) in [5, 5.41) is 47.6. The maximum Gasteiger partial charge on any atom is 0.338 e. The van der Waals surface area contributed by atoms with Gasteiger partial charge in [-0.05, 0) is 123 Å². The number of carbonyl (C=O) groups excluding carboxylic acids is 3. The molecule has 2 aliphatic heterocycles. The summed E-state index contributed by atoms with van der Waals surface area (Å²) in [7, 11) is -0.961. The Labute approximate surface area is 410 Å². The Morgan fingerprint density at radius 2 is 1.45 bits per heavy atom. The molecular formula is C53H82O15Si. The van der Waals surface area contributed by atoms with Gasteiger partial charge in [-0.15, -0.1) is 0 Å². The van der Waals surface area contributed by atoms with Crippen molar-refractivity contribution in [2.45, 2.75) is 205 Å². The number of carbonyl (C=O) groups is 3. The highest BCUT2D eigenvalue weighted by Gasteiger charge is 2.70. The highest BCUT2D eigenvalue weighted by Crippen LogP contribution is 2.69. The number of fused-ring (bicyclic) bond motifs is 5. The van der Waals surface area contributed by atoms with E-state index in [1.54, 1.807) is 24.3 Å². The molecule has 1 aromatic carbocycles. The van der Waals surface area contributed by atoms with Gasteiger partial charge in [-0.2, -0.15) is 0 Å². The number of allylic oxidation sites excluding steroid dienone is 1. The Bertz CT molecular complexity index is 1970. The zero-order chi connectivity index (χ0) is 50.2. The van der Waals surface area contributed by atoms with E-state index in [-0.39, 0.29) is 53.8 Å². The Hall–Kier alpha value is -2.77. The molecule has 0 amide bonds. The quantitative estimate of drug-likeness (QED) is 0.0661. The van der Waals surface area contributed by atoms with Crippen molar-refractivity contribution in [3.63, 3.8) is 0 Å². The molecule has 0 bridgehead atoms. The molecule has 69 heavy (non-hydrogen) atoms. The maximum absolute atomic E-state index is 14.3. The summed E-state index contributed by atoms with van der Waals surface area (Å²) in [4.78, 5) is 41.3. The number of benzene rings is 1. The lowest BCUT2D eigenvalue weighted by atomic mass is 9.46. The zero-order valence-electron chi connectivity index (χ0n) is 42.7. The first-order valence-electron chi connectivity index (χ1n) is 25.9. The fraction of sp³-hybridized carbons (Fsp3) is 0.792. The van der Waals surface area contributed by atoms with E-state index in [2.05, 4.69) is 33.8 Å². The van der Waals surface area contributed by atoms with Crippen molar-refractivity contribution >= 4 is 26.0 Å². The van der Waals surface area contributed by atoms with Crippen molar-refractivity contribution in [3.05, 3.63) is 41.5 Å². The monoisotopic (exact) mass is 987 g/mol. The second-order valence-electron chi connectivity index (χ2n) is 22.1. The number of hydrogen-bond donors (Lipinski definition) is 4. The maximum atomic E-state index is 14.3. The average molecular weight is 987 g/mol. The van der Waals surface area contributed by atoms with Crippen LogP contribution < -0.4 is 4.74 Å². The molecule has 2 heterocycles. The molecule has 7 rings (SSSR count). The van der Waals surface area contributed by atoms with Crippen LogP contribution in [0.1, 0.15) is 130 Å². The van der Waals surface area contributed by atoms with Crippen LogP contribution in [0.15, 0.2) is 35.9 Å². The second kappa shape index (κ2) is 21.7. The molecule has 2 saturated heterocycles. The number of methoxy groups -OCH3 is 1. The van der Waals surface area contributed by atoms with Crippen LogP contribution in [0, 0.1) is 40.4 Å². The van der Waals surface area contributed by atoms with Crippen molar-refractivity contribution in [1.29, 1.82) is 0 Å². The summed E-state index contributed by atoms with van der Waals surface area (Å²) in [6, 6.07) is 8.57. The molecule has 6 aliphatic rings. The number of esters is 2. The van der Waals surface area contributed by atoms with Gasteiger partial charge in [-0.3, -0.25) is 9.59 Å². The Kier molecular flexibility index (Phi) is 17.0. The molecule has 0 radical (unpaired) electrons. The number of Topliss-reactive ketones (excluding diaryl/α,β-unsaturated/α-hetero) is 1. The van der Waals surface area contributed by atoms with E-state index >= 15 is 0 Å². The highest BCUT2D eigenvalue weighted by atomic mass is 28.4. The van der Waals surface area contributed by atoms with Gasteiger partial charge in [0.25, 0.3) is 0 Å². The van der Waals surface area contributed by atoms with Crippen LogP contribution in [-0.4, -0.2) is 134 Å². The third kappa shape index (κ3) is 10.4. The third-order valence-corrected chi connectivity index (χ3v) is 22.7. The van der Waals surface area contributed by atoms with Crippen molar-refractivity contribution in [1.82, 2.24) is 0 Å². The molecule has 4 aliphatic carbocycles. The molecule has 16 heteroatoms. The Morgan fingerprint density at radius 1 is 0.826 bits per heavy atom. The van der Waals surface area contributed by atoms with E-state index in [0.29, 0.717) is 43.8 Å². The lowest BCUT2D eigenvalue weighted by Gasteiger charge is -2.59. The molecule has 388 valence electrons. The van der Waals surface area contributed by atoms with Gasteiger partial charge in [0.2, 0.25) is 0 Å². The molecule has 15 nitrogen and oxygen atoms in total. The molecule has 1 aromatic rings. The summed E-state index contributed by atoms with van der Waals surface area (Å²) >= 11 is 0. The molecular weight excluding hydrogens is 905 g/mol. The van der Waals surface area contributed by atoms with E-state index in [1.807, 2.05) is 27.7 Å². The number of rotatable bonds is 18. The largest absolute Gasteiger partial charge is 0.497 e. The highest BCUT2D eigenvalue weighted by molar-refractivity contribution is 6.73. The van der Waals surface area contributed by atoms with E-state index in [1.165, 1.54) is 19.6 Å². The van der Waals surface area contributed by atoms with Gasteiger partial charge in [-0.25, -0.2) is 4.79 Å². The molecule has 0 aromatic heterocycles. The number of ketones is 1. The molecule has 3 saturated carbocycles. The topological polar surface area (TPSA) is 206 Å². The fourth-order valence-electron chi connectivity index (χ4n) is 13.5. The first kappa shape index (κ1) is 54.0. The number of ether oxygens (including phenoxy) is 7. The van der Waals surface area contributed by atoms with Crippen molar-refractivity contribution in [2.75, 3.05) is 20.3 Å². The predicted octanol–water partition coefficient (Wildman–Crippen LogP) is 7.05. The summed E-state index contributed by atoms with van der Waals surface area (Å²) in [6.07, 6.45) is -3.64. The predicted molar refractivity (Wildman–Crippen MR) is 257 cm³/mol. The summed E-state index contributed by atoms with van der Waals surface area (Å²) in [5.74, 6) is -1.05. The molecule has 0 unspecified atom stereocenters. The standard InChI is InChI=1S/C53H82O15Si/c1-11-69(12-2,13-3)68-45-42(58)29-63-50(47(45)66-48(59)33-15-18-36(61-10)19-16-33)67-44-41(57)28-62-49(46(44)64-32(7)54)65-43-27-39-37-20-17-34-26-35(55)22-24-51(34,8)38(37)23-25-52(39,9)53(43,60)31(6)40(56)21-14-30(4)5/h15-19,30-31,35,37-39,41-47,49-50,55,57-58,60H,11-14,20-29H2,1-10H3/t31-,35+,37-,38+,39+,41+,42-,43+,44+,45+,46-,47-,49+,50+,51+,52+,53-/m1/s1. The Balaban J connectivity index is 1.22. The zero-order valence-corrected chi connectivity index (χ0v) is 43.7. The summed E-state index contributed by atoms with van der Waals surface area (Å²) in [6.45, 7) is 17.2. The van der Waals surface area contributed by atoms with Crippen LogP contribution in [0.4, 0.5) is 0 Å². The Morgan fingerprint density at radius 3 is 2.06 bits per heavy atom. The van der Waals surface area contributed by atoms with E-state index < -0.39 is 92.5 Å². The van der Waals surface area contributed by atoms with Gasteiger partial charge < -0.3 is 58.0 Å². The van der Waals surface area contributed by atoms with Crippen LogP contribution in [-0.2, 0) is 42.4 Å². The van der Waals surface area contributed by atoms with E-state index in [9.17, 15) is 34.8 Å². The third-order valence-electron chi connectivity index (χ3n) is 18.0. The second-order valence-corrected chi connectivity index (χ2v) is 26.8. The van der Waals surface area contributed by atoms with Gasteiger partial charge in [0.05, 0.1) is 38.1 Å². The first-order valence-corrected chi connectivity index (χ1v) is 28.4. The molecule has 17 atom stereocenters. The van der Waals surface area contributed by atoms with Crippen molar-refractivity contribution in [2.24, 2.45) is 40.4 Å². The SMILES string of the molecule is CC[Si](CC)(CC)O[C@@H]1[C@@H](OC(=O)c2ccc(OC)cc2)[C@H](O[C@@H]2[C@@H](OC(C)=O)[C@H](O[C@H]3C[C@H]4[C@@H]5CC=C6C[C@@H](O)CC[C@]6(C)[C@H]5CC[C@]4(C)[C@@]3(O)[C@H](C)C(=O)CCC(C)C)OC[C@@H]2O)OC[C@H]1O. The molecule has 5 fully saturated rings. The van der Waals surface area contributed by atoms with E-state index in [4.69, 9.17) is 37.6 Å².